The van der Waals surface area contributed by atoms with Gasteiger partial charge in [0.2, 0.25) is 10.0 Å². The van der Waals surface area contributed by atoms with Gasteiger partial charge in [0, 0.05) is 30.2 Å². The molecule has 4 rings (SSSR count). The van der Waals surface area contributed by atoms with Crippen molar-refractivity contribution in [1.82, 2.24) is 9.21 Å². The third kappa shape index (κ3) is 4.38. The van der Waals surface area contributed by atoms with Crippen molar-refractivity contribution >= 4 is 15.9 Å². The summed E-state index contributed by atoms with van der Waals surface area (Å²) in [4.78, 5) is 15.8. The molecule has 3 fully saturated rings. The van der Waals surface area contributed by atoms with Crippen molar-refractivity contribution in [1.29, 1.82) is 0 Å². The summed E-state index contributed by atoms with van der Waals surface area (Å²) < 4.78 is 28.1. The summed E-state index contributed by atoms with van der Waals surface area (Å²) in [6.07, 6.45) is 9.47. The molecule has 3 aliphatic rings. The van der Waals surface area contributed by atoms with Gasteiger partial charge in [-0.2, -0.15) is 4.31 Å². The van der Waals surface area contributed by atoms with E-state index in [2.05, 4.69) is 11.8 Å². The molecule has 1 saturated heterocycles. The Hall–Kier alpha value is -1.40. The molecule has 1 aliphatic heterocycles. The minimum absolute atomic E-state index is 0.01000. The maximum Gasteiger partial charge on any atom is 0.254 e. The van der Waals surface area contributed by atoms with Crippen LogP contribution in [0.4, 0.5) is 0 Å². The van der Waals surface area contributed by atoms with Gasteiger partial charge in [-0.1, -0.05) is 19.4 Å². The number of piperidine rings is 1. The van der Waals surface area contributed by atoms with Gasteiger partial charge in [-0.25, -0.2) is 8.42 Å². The molecule has 1 aromatic rings. The number of nitrogens with zero attached hydrogens (tertiary/aromatic N) is 2. The number of hydrogen-bond donors (Lipinski definition) is 0. The molecule has 5 nitrogen and oxygen atoms in total. The van der Waals surface area contributed by atoms with Crippen LogP contribution in [0.3, 0.4) is 0 Å². The molecular weight excluding hydrogens is 384 g/mol. The van der Waals surface area contributed by atoms with Crippen LogP contribution < -0.4 is 0 Å². The number of rotatable bonds is 5. The second-order valence-corrected chi connectivity index (χ2v) is 11.2. The van der Waals surface area contributed by atoms with Crippen LogP contribution in [0.25, 0.3) is 0 Å². The van der Waals surface area contributed by atoms with Gasteiger partial charge in [-0.05, 0) is 82.4 Å². The summed E-state index contributed by atoms with van der Waals surface area (Å²) in [7, 11) is -3.57. The van der Waals surface area contributed by atoms with Crippen molar-refractivity contribution in [3.05, 3.63) is 29.8 Å². The number of hydrogen-bond acceptors (Lipinski definition) is 3. The predicted molar refractivity (Wildman–Crippen MR) is 114 cm³/mol. The highest BCUT2D eigenvalue weighted by molar-refractivity contribution is 7.89. The number of benzene rings is 1. The first kappa shape index (κ1) is 20.9. The zero-order valence-corrected chi connectivity index (χ0v) is 18.5. The molecule has 6 heteroatoms. The molecule has 0 radical (unpaired) electrons. The largest absolute Gasteiger partial charge is 0.333 e. The highest BCUT2D eigenvalue weighted by Gasteiger charge is 2.39. The Morgan fingerprint density at radius 2 is 1.62 bits per heavy atom. The average molecular weight is 419 g/mol. The molecule has 1 amide bonds. The normalized spacial score (nSPS) is 28.8. The van der Waals surface area contributed by atoms with E-state index in [1.165, 1.54) is 12.8 Å². The highest BCUT2D eigenvalue weighted by atomic mass is 32.2. The fourth-order valence-electron chi connectivity index (χ4n) is 5.01. The summed E-state index contributed by atoms with van der Waals surface area (Å²) in [6, 6.07) is 7.40. The van der Waals surface area contributed by atoms with Crippen molar-refractivity contribution in [2.75, 3.05) is 6.54 Å². The first-order chi connectivity index (χ1) is 13.9. The van der Waals surface area contributed by atoms with Crippen LogP contribution in [-0.4, -0.2) is 48.2 Å². The maximum absolute atomic E-state index is 13.4. The number of amides is 1. The van der Waals surface area contributed by atoms with Gasteiger partial charge in [0.1, 0.15) is 0 Å². The van der Waals surface area contributed by atoms with E-state index in [1.54, 1.807) is 28.6 Å². The molecular formula is C23H34N2O3S. The lowest BCUT2D eigenvalue weighted by Crippen LogP contribution is -2.44. The zero-order valence-electron chi connectivity index (χ0n) is 17.7. The molecule has 1 heterocycles. The van der Waals surface area contributed by atoms with Crippen LogP contribution in [-0.2, 0) is 10.0 Å². The van der Waals surface area contributed by atoms with Crippen molar-refractivity contribution < 1.29 is 13.2 Å². The maximum atomic E-state index is 13.4. The molecule has 1 unspecified atom stereocenters. The SMILES string of the molecule is CC1CCC(N(C(=O)c2cccc(S(=O)(=O)N3CCCCC3C)c2)C2CC2)CC1. The fourth-order valence-corrected chi connectivity index (χ4v) is 6.75. The standard InChI is InChI=1S/C23H34N2O3S/c1-17-9-11-20(12-10-17)25(21-13-14-21)23(26)19-7-5-8-22(16-19)29(27,28)24-15-4-3-6-18(24)2/h5,7-8,16-18,20-21H,3-4,6,9-15H2,1-2H3. The smallest absolute Gasteiger partial charge is 0.254 e. The van der Waals surface area contributed by atoms with Crippen LogP contribution in [0, 0.1) is 5.92 Å². The van der Waals surface area contributed by atoms with Crippen LogP contribution in [0.15, 0.2) is 29.2 Å². The summed E-state index contributed by atoms with van der Waals surface area (Å²) >= 11 is 0. The summed E-state index contributed by atoms with van der Waals surface area (Å²) in [5.74, 6) is 0.748. The van der Waals surface area contributed by atoms with Gasteiger partial charge in [0.25, 0.3) is 5.91 Å². The first-order valence-electron chi connectivity index (χ1n) is 11.3. The fraction of sp³-hybridized carbons (Fsp3) is 0.696. The van der Waals surface area contributed by atoms with Crippen molar-refractivity contribution in [3.8, 4) is 0 Å². The first-order valence-corrected chi connectivity index (χ1v) is 12.8. The van der Waals surface area contributed by atoms with Crippen molar-refractivity contribution in [2.24, 2.45) is 5.92 Å². The Morgan fingerprint density at radius 1 is 0.966 bits per heavy atom. The van der Waals surface area contributed by atoms with E-state index in [1.807, 2.05) is 6.92 Å². The highest BCUT2D eigenvalue weighted by Crippen LogP contribution is 2.36. The molecule has 160 valence electrons. The summed E-state index contributed by atoms with van der Waals surface area (Å²) in [5, 5.41) is 0. The van der Waals surface area contributed by atoms with Gasteiger partial charge >= 0.3 is 0 Å². The molecule has 1 atom stereocenters. The van der Waals surface area contributed by atoms with Crippen LogP contribution in [0.2, 0.25) is 0 Å². The lowest BCUT2D eigenvalue weighted by Gasteiger charge is -2.36. The lowest BCUT2D eigenvalue weighted by atomic mass is 9.86. The monoisotopic (exact) mass is 418 g/mol. The van der Waals surface area contributed by atoms with Gasteiger partial charge in [-0.3, -0.25) is 4.79 Å². The Bertz CT molecular complexity index is 841. The Labute approximate surface area is 175 Å². The number of carbonyl (C=O) groups excluding carboxylic acids is 1. The number of sulfonamides is 1. The van der Waals surface area contributed by atoms with Gasteiger partial charge in [0.05, 0.1) is 4.90 Å². The van der Waals surface area contributed by atoms with Gasteiger partial charge in [-0.15, -0.1) is 0 Å². The number of carbonyl (C=O) groups is 1. The Morgan fingerprint density at radius 3 is 2.24 bits per heavy atom. The molecule has 1 aromatic carbocycles. The van der Waals surface area contributed by atoms with E-state index in [-0.39, 0.29) is 16.8 Å². The van der Waals surface area contributed by atoms with E-state index < -0.39 is 10.0 Å². The van der Waals surface area contributed by atoms with Crippen LogP contribution in [0.1, 0.15) is 82.0 Å². The van der Waals surface area contributed by atoms with Crippen LogP contribution in [0.5, 0.6) is 0 Å². The predicted octanol–water partition coefficient (Wildman–Crippen LogP) is 4.43. The molecule has 29 heavy (non-hydrogen) atoms. The summed E-state index contributed by atoms with van der Waals surface area (Å²) in [5.41, 5.74) is 0.515. The summed E-state index contributed by atoms with van der Waals surface area (Å²) in [6.45, 7) is 4.83. The molecule has 0 spiro atoms. The third-order valence-corrected chi connectivity index (χ3v) is 8.99. The zero-order chi connectivity index (χ0) is 20.6. The average Bonchev–Trinajstić information content (AvgIpc) is 3.55. The van der Waals surface area contributed by atoms with Crippen molar-refractivity contribution in [2.45, 2.75) is 94.7 Å². The van der Waals surface area contributed by atoms with E-state index >= 15 is 0 Å². The molecule has 0 aromatic heterocycles. The molecule has 0 bridgehead atoms. The van der Waals surface area contributed by atoms with E-state index in [9.17, 15) is 13.2 Å². The Kier molecular flexibility index (Phi) is 6.03. The molecule has 2 aliphatic carbocycles. The Balaban J connectivity index is 1.58. The second-order valence-electron chi connectivity index (χ2n) is 9.35. The minimum Gasteiger partial charge on any atom is -0.333 e. The lowest BCUT2D eigenvalue weighted by molar-refractivity contribution is 0.0593. The van der Waals surface area contributed by atoms with E-state index in [0.717, 1.165) is 50.9 Å². The second kappa shape index (κ2) is 8.38. The van der Waals surface area contributed by atoms with Gasteiger partial charge in [0.15, 0.2) is 0 Å². The van der Waals surface area contributed by atoms with E-state index in [0.29, 0.717) is 24.2 Å². The van der Waals surface area contributed by atoms with Gasteiger partial charge < -0.3 is 4.90 Å². The molecule has 0 N–H and O–H groups in total. The van der Waals surface area contributed by atoms with Crippen LogP contribution >= 0.6 is 0 Å². The molecule has 2 saturated carbocycles. The van der Waals surface area contributed by atoms with Crippen molar-refractivity contribution in [3.63, 3.8) is 0 Å². The minimum atomic E-state index is -3.57. The van der Waals surface area contributed by atoms with E-state index in [4.69, 9.17) is 0 Å². The third-order valence-electron chi connectivity index (χ3n) is 6.98. The topological polar surface area (TPSA) is 57.7 Å². The quantitative estimate of drug-likeness (QED) is 0.711.